The second-order valence-corrected chi connectivity index (χ2v) is 7.22. The Labute approximate surface area is 151 Å². The van der Waals surface area contributed by atoms with Gasteiger partial charge in [-0.1, -0.05) is 43.0 Å². The number of hydrogen-bond donors (Lipinski definition) is 1. The van der Waals surface area contributed by atoms with E-state index in [1.54, 1.807) is 16.7 Å². The molecule has 0 atom stereocenters. The van der Waals surface area contributed by atoms with E-state index in [0.717, 1.165) is 27.7 Å². The lowest BCUT2D eigenvalue weighted by atomic mass is 10.1. The number of para-hydroxylation sites is 1. The van der Waals surface area contributed by atoms with Crippen molar-refractivity contribution in [2.24, 2.45) is 0 Å². The highest BCUT2D eigenvalue weighted by molar-refractivity contribution is 8.03. The van der Waals surface area contributed by atoms with Gasteiger partial charge in [-0.15, -0.1) is 0 Å². The fourth-order valence-corrected chi connectivity index (χ4v) is 4.45. The third kappa shape index (κ3) is 2.55. The molecule has 4 rings (SSSR count). The van der Waals surface area contributed by atoms with Crippen LogP contribution in [0.4, 0.5) is 11.4 Å². The molecule has 0 saturated carbocycles. The van der Waals surface area contributed by atoms with Gasteiger partial charge in [0.1, 0.15) is 5.84 Å². The molecule has 5 heteroatoms. The number of ketones is 1. The summed E-state index contributed by atoms with van der Waals surface area (Å²) in [6.45, 7) is 2.34. The fraction of sp³-hybridized carbons (Fsp3) is 0.200. The molecule has 1 saturated heterocycles. The van der Waals surface area contributed by atoms with E-state index in [2.05, 4.69) is 19.1 Å². The SMILES string of the molecule is CCc1ccc(N2CC(=O)/C(=C3\Sc4ccccc4N3C)C2=N)cc1. The third-order valence-corrected chi connectivity index (χ3v) is 5.93. The van der Waals surface area contributed by atoms with E-state index in [1.165, 1.54) is 5.56 Å². The average Bonchev–Trinajstić information content (AvgIpc) is 3.12. The summed E-state index contributed by atoms with van der Waals surface area (Å²) in [7, 11) is 1.96. The Morgan fingerprint density at radius 3 is 2.52 bits per heavy atom. The number of anilines is 2. The van der Waals surface area contributed by atoms with Crippen molar-refractivity contribution < 1.29 is 4.79 Å². The molecule has 126 valence electrons. The van der Waals surface area contributed by atoms with E-state index in [-0.39, 0.29) is 18.2 Å². The second-order valence-electron chi connectivity index (χ2n) is 6.19. The Morgan fingerprint density at radius 1 is 1.12 bits per heavy atom. The number of fused-ring (bicyclic) bond motifs is 1. The van der Waals surface area contributed by atoms with Gasteiger partial charge in [-0.25, -0.2) is 0 Å². The van der Waals surface area contributed by atoms with E-state index in [4.69, 9.17) is 5.41 Å². The first-order chi connectivity index (χ1) is 12.1. The molecule has 2 aliphatic rings. The van der Waals surface area contributed by atoms with Gasteiger partial charge in [0, 0.05) is 17.6 Å². The molecular weight excluding hydrogens is 330 g/mol. The summed E-state index contributed by atoms with van der Waals surface area (Å²) in [5.74, 6) is 0.295. The third-order valence-electron chi connectivity index (χ3n) is 4.70. The van der Waals surface area contributed by atoms with Gasteiger partial charge in [-0.05, 0) is 36.2 Å². The molecule has 2 aromatic rings. The monoisotopic (exact) mass is 349 g/mol. The highest BCUT2D eigenvalue weighted by Crippen LogP contribution is 2.47. The molecule has 0 aliphatic carbocycles. The molecule has 1 N–H and O–H groups in total. The van der Waals surface area contributed by atoms with Crippen LogP contribution in [-0.4, -0.2) is 25.2 Å². The number of carbonyl (C=O) groups is 1. The predicted octanol–water partition coefficient (Wildman–Crippen LogP) is 4.07. The lowest BCUT2D eigenvalue weighted by molar-refractivity contribution is -0.113. The van der Waals surface area contributed by atoms with E-state index in [1.807, 2.05) is 48.3 Å². The number of amidine groups is 1. The van der Waals surface area contributed by atoms with Gasteiger partial charge in [0.05, 0.1) is 22.8 Å². The zero-order chi connectivity index (χ0) is 17.6. The summed E-state index contributed by atoms with van der Waals surface area (Å²) in [5.41, 5.74) is 3.75. The van der Waals surface area contributed by atoms with Crippen molar-refractivity contribution in [1.29, 1.82) is 5.41 Å². The molecule has 4 nitrogen and oxygen atoms in total. The van der Waals surface area contributed by atoms with Gasteiger partial charge in [0.2, 0.25) is 0 Å². The van der Waals surface area contributed by atoms with E-state index >= 15 is 0 Å². The summed E-state index contributed by atoms with van der Waals surface area (Å²) in [6.07, 6.45) is 0.978. The van der Waals surface area contributed by atoms with E-state index in [9.17, 15) is 4.79 Å². The number of Topliss-reactive ketones (excluding diaryl/α,β-unsaturated/α-hetero) is 1. The van der Waals surface area contributed by atoms with Gasteiger partial charge in [0.15, 0.2) is 5.78 Å². The number of thioether (sulfide) groups is 1. The van der Waals surface area contributed by atoms with Crippen LogP contribution in [0.5, 0.6) is 0 Å². The van der Waals surface area contributed by atoms with Gasteiger partial charge >= 0.3 is 0 Å². The minimum atomic E-state index is 0.00623. The number of nitrogens with zero attached hydrogens (tertiary/aromatic N) is 2. The average molecular weight is 349 g/mol. The summed E-state index contributed by atoms with van der Waals surface area (Å²) in [4.78, 5) is 17.6. The number of rotatable bonds is 2. The standard InChI is InChI=1S/C20H19N3OS/c1-3-13-8-10-14(11-9-13)23-12-16(24)18(19(23)21)20-22(2)15-6-4-5-7-17(15)25-20/h4-11,21H,3,12H2,1-2H3/b20-18+,21-19?. The summed E-state index contributed by atoms with van der Waals surface area (Å²) in [5, 5.41) is 9.45. The smallest absolute Gasteiger partial charge is 0.188 e. The first-order valence-corrected chi connectivity index (χ1v) is 9.15. The number of carbonyl (C=O) groups excluding carboxylic acids is 1. The lowest BCUT2D eigenvalue weighted by Gasteiger charge is -2.19. The quantitative estimate of drug-likeness (QED) is 0.830. The maximum Gasteiger partial charge on any atom is 0.188 e. The Balaban J connectivity index is 1.70. The van der Waals surface area contributed by atoms with Crippen molar-refractivity contribution in [3.05, 3.63) is 64.7 Å². The Bertz CT molecular complexity index is 901. The van der Waals surface area contributed by atoms with Crippen molar-refractivity contribution in [2.75, 3.05) is 23.4 Å². The minimum Gasteiger partial charge on any atom is -0.337 e. The van der Waals surface area contributed by atoms with Gasteiger partial charge < -0.3 is 9.80 Å². The number of aryl methyl sites for hydroxylation is 1. The maximum absolute atomic E-state index is 12.7. The van der Waals surface area contributed by atoms with Crippen molar-refractivity contribution in [2.45, 2.75) is 18.2 Å². The molecule has 0 radical (unpaired) electrons. The maximum atomic E-state index is 12.7. The highest BCUT2D eigenvalue weighted by atomic mass is 32.2. The van der Waals surface area contributed by atoms with Crippen LogP contribution in [0.1, 0.15) is 12.5 Å². The van der Waals surface area contributed by atoms with Crippen LogP contribution < -0.4 is 9.80 Å². The summed E-state index contributed by atoms with van der Waals surface area (Å²) < 4.78 is 0. The molecule has 25 heavy (non-hydrogen) atoms. The zero-order valence-corrected chi connectivity index (χ0v) is 15.1. The fourth-order valence-electron chi connectivity index (χ4n) is 3.24. The number of hydrogen-bond acceptors (Lipinski definition) is 4. The van der Waals surface area contributed by atoms with Crippen molar-refractivity contribution in [1.82, 2.24) is 0 Å². The first kappa shape index (κ1) is 16.0. The van der Waals surface area contributed by atoms with Gasteiger partial charge in [-0.2, -0.15) is 0 Å². The van der Waals surface area contributed by atoms with Crippen molar-refractivity contribution in [3.8, 4) is 0 Å². The van der Waals surface area contributed by atoms with Crippen LogP contribution in [0.25, 0.3) is 0 Å². The van der Waals surface area contributed by atoms with Crippen LogP contribution in [0, 0.1) is 5.41 Å². The lowest BCUT2D eigenvalue weighted by Crippen LogP contribution is -2.25. The van der Waals surface area contributed by atoms with Crippen LogP contribution >= 0.6 is 11.8 Å². The molecule has 2 aromatic carbocycles. The van der Waals surface area contributed by atoms with Crippen molar-refractivity contribution >= 4 is 34.8 Å². The normalized spacial score (nSPS) is 19.8. The minimum absolute atomic E-state index is 0.00623. The van der Waals surface area contributed by atoms with Crippen molar-refractivity contribution in [3.63, 3.8) is 0 Å². The van der Waals surface area contributed by atoms with Crippen LogP contribution in [0.2, 0.25) is 0 Å². The zero-order valence-electron chi connectivity index (χ0n) is 14.2. The number of nitrogens with one attached hydrogen (secondary N) is 1. The summed E-state index contributed by atoms with van der Waals surface area (Å²) >= 11 is 1.57. The second kappa shape index (κ2) is 6.08. The van der Waals surface area contributed by atoms with Gasteiger partial charge in [-0.3, -0.25) is 10.2 Å². The van der Waals surface area contributed by atoms with E-state index in [0.29, 0.717) is 5.57 Å². The molecule has 0 unspecified atom stereocenters. The van der Waals surface area contributed by atoms with Gasteiger partial charge in [0.25, 0.3) is 0 Å². The Morgan fingerprint density at radius 2 is 1.84 bits per heavy atom. The highest BCUT2D eigenvalue weighted by Gasteiger charge is 2.37. The first-order valence-electron chi connectivity index (χ1n) is 8.33. The Kier molecular flexibility index (Phi) is 3.88. The molecule has 0 aromatic heterocycles. The van der Waals surface area contributed by atoms with E-state index < -0.39 is 0 Å². The molecule has 2 heterocycles. The molecule has 0 bridgehead atoms. The molecular formula is C20H19N3OS. The topological polar surface area (TPSA) is 47.4 Å². The molecule has 0 spiro atoms. The molecule has 0 amide bonds. The predicted molar refractivity (Wildman–Crippen MR) is 104 cm³/mol. The number of benzene rings is 2. The Hall–Kier alpha value is -2.53. The molecule has 1 fully saturated rings. The largest absolute Gasteiger partial charge is 0.337 e. The van der Waals surface area contributed by atoms with Crippen LogP contribution in [0.3, 0.4) is 0 Å². The van der Waals surface area contributed by atoms with Crippen LogP contribution in [0.15, 0.2) is 64.0 Å². The molecule has 2 aliphatic heterocycles. The summed E-state index contributed by atoms with van der Waals surface area (Å²) in [6, 6.07) is 16.2. The van der Waals surface area contributed by atoms with Crippen LogP contribution in [-0.2, 0) is 11.2 Å².